The zero-order valence-corrected chi connectivity index (χ0v) is 11.4. The van der Waals surface area contributed by atoms with E-state index in [1.807, 2.05) is 11.8 Å². The van der Waals surface area contributed by atoms with Gasteiger partial charge in [-0.15, -0.1) is 0 Å². The van der Waals surface area contributed by atoms with E-state index in [1.54, 1.807) is 7.11 Å². The Morgan fingerprint density at radius 3 is 2.83 bits per heavy atom. The first-order valence-corrected chi connectivity index (χ1v) is 6.70. The minimum Gasteiger partial charge on any atom is -0.480 e. The van der Waals surface area contributed by atoms with Crippen LogP contribution in [0, 0.1) is 5.92 Å². The monoisotopic (exact) mass is 259 g/mol. The smallest absolute Gasteiger partial charge is 0.321 e. The van der Waals surface area contributed by atoms with E-state index >= 15 is 0 Å². The lowest BCUT2D eigenvalue weighted by molar-refractivity contribution is -0.147. The van der Waals surface area contributed by atoms with Gasteiger partial charge in [-0.1, -0.05) is 6.92 Å². The van der Waals surface area contributed by atoms with Crippen molar-refractivity contribution < 1.29 is 19.4 Å². The van der Waals surface area contributed by atoms with Crippen molar-refractivity contribution >= 4 is 5.97 Å². The van der Waals surface area contributed by atoms with Crippen LogP contribution in [-0.2, 0) is 14.3 Å². The molecule has 1 N–H and O–H groups in total. The van der Waals surface area contributed by atoms with E-state index in [0.29, 0.717) is 26.4 Å². The molecular formula is C13H25NO4. The number of carboxylic acids is 1. The second kappa shape index (κ2) is 8.45. The molecule has 0 spiro atoms. The second-order valence-electron chi connectivity index (χ2n) is 4.90. The molecular weight excluding hydrogens is 234 g/mol. The van der Waals surface area contributed by atoms with Crippen molar-refractivity contribution in [3.05, 3.63) is 0 Å². The Morgan fingerprint density at radius 1 is 1.39 bits per heavy atom. The van der Waals surface area contributed by atoms with Crippen LogP contribution in [-0.4, -0.2) is 62.0 Å². The molecule has 2 unspecified atom stereocenters. The van der Waals surface area contributed by atoms with Crippen LogP contribution in [0.25, 0.3) is 0 Å². The molecule has 0 aliphatic carbocycles. The third kappa shape index (κ3) is 4.92. The number of likely N-dealkylation sites (tertiary alicyclic amines) is 1. The predicted molar refractivity (Wildman–Crippen MR) is 68.7 cm³/mol. The summed E-state index contributed by atoms with van der Waals surface area (Å²) in [5, 5.41) is 9.25. The average molecular weight is 259 g/mol. The van der Waals surface area contributed by atoms with E-state index in [1.165, 1.54) is 0 Å². The molecule has 0 saturated carbocycles. The van der Waals surface area contributed by atoms with E-state index in [-0.39, 0.29) is 12.0 Å². The fourth-order valence-corrected chi connectivity index (χ4v) is 2.51. The SMILES string of the molecule is COCCCOCCN1CCCC(C)C1C(=O)O. The highest BCUT2D eigenvalue weighted by Gasteiger charge is 2.33. The zero-order chi connectivity index (χ0) is 13.4. The number of nitrogens with zero attached hydrogens (tertiary/aromatic N) is 1. The fraction of sp³-hybridized carbons (Fsp3) is 0.923. The Balaban J connectivity index is 2.24. The first-order valence-electron chi connectivity index (χ1n) is 6.70. The van der Waals surface area contributed by atoms with Gasteiger partial charge in [0.15, 0.2) is 0 Å². The number of rotatable bonds is 8. The van der Waals surface area contributed by atoms with Crippen molar-refractivity contribution in [2.24, 2.45) is 5.92 Å². The average Bonchev–Trinajstić information content (AvgIpc) is 2.33. The predicted octanol–water partition coefficient (Wildman–Crippen LogP) is 1.22. The second-order valence-corrected chi connectivity index (χ2v) is 4.90. The lowest BCUT2D eigenvalue weighted by Gasteiger charge is -2.37. The minimum atomic E-state index is -0.707. The fourth-order valence-electron chi connectivity index (χ4n) is 2.51. The van der Waals surface area contributed by atoms with Crippen LogP contribution in [0.15, 0.2) is 0 Å². The largest absolute Gasteiger partial charge is 0.480 e. The van der Waals surface area contributed by atoms with Gasteiger partial charge in [0.25, 0.3) is 0 Å². The van der Waals surface area contributed by atoms with Crippen LogP contribution in [0.4, 0.5) is 0 Å². The van der Waals surface area contributed by atoms with Gasteiger partial charge in [-0.05, 0) is 31.7 Å². The molecule has 1 fully saturated rings. The lowest BCUT2D eigenvalue weighted by atomic mass is 9.91. The van der Waals surface area contributed by atoms with Gasteiger partial charge in [-0.25, -0.2) is 0 Å². The van der Waals surface area contributed by atoms with Crippen molar-refractivity contribution in [3.63, 3.8) is 0 Å². The molecule has 106 valence electrons. The maximum Gasteiger partial charge on any atom is 0.321 e. The highest BCUT2D eigenvalue weighted by Crippen LogP contribution is 2.23. The number of hydrogen-bond acceptors (Lipinski definition) is 4. The number of hydrogen-bond donors (Lipinski definition) is 1. The molecule has 1 rings (SSSR count). The maximum atomic E-state index is 11.3. The Kier molecular flexibility index (Phi) is 7.23. The summed E-state index contributed by atoms with van der Waals surface area (Å²) in [6.45, 7) is 5.56. The summed E-state index contributed by atoms with van der Waals surface area (Å²) >= 11 is 0. The van der Waals surface area contributed by atoms with E-state index in [9.17, 15) is 9.90 Å². The van der Waals surface area contributed by atoms with Crippen LogP contribution >= 0.6 is 0 Å². The van der Waals surface area contributed by atoms with Crippen molar-refractivity contribution in [3.8, 4) is 0 Å². The molecule has 18 heavy (non-hydrogen) atoms. The van der Waals surface area contributed by atoms with Crippen LogP contribution in [0.5, 0.6) is 0 Å². The van der Waals surface area contributed by atoms with Crippen LogP contribution < -0.4 is 0 Å². The maximum absolute atomic E-state index is 11.3. The Bertz CT molecular complexity index is 247. The quantitative estimate of drug-likeness (QED) is 0.664. The first-order chi connectivity index (χ1) is 8.66. The Labute approximate surface area is 109 Å². The topological polar surface area (TPSA) is 59.0 Å². The van der Waals surface area contributed by atoms with Gasteiger partial charge in [0.2, 0.25) is 0 Å². The Hall–Kier alpha value is -0.650. The highest BCUT2D eigenvalue weighted by atomic mass is 16.5. The molecule has 0 amide bonds. The molecule has 0 radical (unpaired) electrons. The van der Waals surface area contributed by atoms with Gasteiger partial charge in [-0.3, -0.25) is 9.69 Å². The van der Waals surface area contributed by atoms with E-state index in [0.717, 1.165) is 25.8 Å². The molecule has 5 nitrogen and oxygen atoms in total. The highest BCUT2D eigenvalue weighted by molar-refractivity contribution is 5.74. The summed E-state index contributed by atoms with van der Waals surface area (Å²) in [4.78, 5) is 13.3. The molecule has 0 aromatic carbocycles. The molecule has 0 aromatic rings. The summed E-state index contributed by atoms with van der Waals surface area (Å²) in [5.74, 6) is -0.480. The number of methoxy groups -OCH3 is 1. The summed E-state index contributed by atoms with van der Waals surface area (Å²) in [6, 6.07) is -0.346. The minimum absolute atomic E-state index is 0.227. The first kappa shape index (κ1) is 15.4. The molecule has 1 aliphatic heterocycles. The molecule has 1 saturated heterocycles. The zero-order valence-electron chi connectivity index (χ0n) is 11.4. The number of aliphatic carboxylic acids is 1. The number of piperidine rings is 1. The third-order valence-electron chi connectivity index (χ3n) is 3.45. The van der Waals surface area contributed by atoms with Gasteiger partial charge in [0, 0.05) is 26.9 Å². The Morgan fingerprint density at radius 2 is 2.17 bits per heavy atom. The van der Waals surface area contributed by atoms with Gasteiger partial charge in [0.1, 0.15) is 6.04 Å². The molecule has 2 atom stereocenters. The van der Waals surface area contributed by atoms with Gasteiger partial charge >= 0.3 is 5.97 Å². The number of carbonyl (C=O) groups is 1. The summed E-state index contributed by atoms with van der Waals surface area (Å²) < 4.78 is 10.4. The normalized spacial score (nSPS) is 25.2. The van der Waals surface area contributed by atoms with Gasteiger partial charge in [0.05, 0.1) is 6.61 Å². The molecule has 0 bridgehead atoms. The summed E-state index contributed by atoms with van der Waals surface area (Å²) in [5.41, 5.74) is 0. The molecule has 5 heteroatoms. The van der Waals surface area contributed by atoms with E-state index in [2.05, 4.69) is 0 Å². The molecule has 0 aromatic heterocycles. The van der Waals surface area contributed by atoms with Gasteiger partial charge in [-0.2, -0.15) is 0 Å². The number of carboxylic acid groups (broad SMARTS) is 1. The van der Waals surface area contributed by atoms with Crippen LogP contribution in [0.2, 0.25) is 0 Å². The van der Waals surface area contributed by atoms with E-state index < -0.39 is 5.97 Å². The summed E-state index contributed by atoms with van der Waals surface area (Å²) in [7, 11) is 1.67. The van der Waals surface area contributed by atoms with Crippen LogP contribution in [0.1, 0.15) is 26.2 Å². The summed E-state index contributed by atoms with van der Waals surface area (Å²) in [6.07, 6.45) is 2.96. The van der Waals surface area contributed by atoms with Gasteiger partial charge < -0.3 is 14.6 Å². The van der Waals surface area contributed by atoms with Crippen molar-refractivity contribution in [2.45, 2.75) is 32.2 Å². The van der Waals surface area contributed by atoms with E-state index in [4.69, 9.17) is 9.47 Å². The van der Waals surface area contributed by atoms with Crippen LogP contribution in [0.3, 0.4) is 0 Å². The molecule has 1 aliphatic rings. The lowest BCUT2D eigenvalue weighted by Crippen LogP contribution is -2.50. The third-order valence-corrected chi connectivity index (χ3v) is 3.45. The molecule has 1 heterocycles. The van der Waals surface area contributed by atoms with Crippen molar-refractivity contribution in [1.82, 2.24) is 4.90 Å². The standard InChI is InChI=1S/C13H25NO4/c1-11-5-3-6-14(12(11)13(15)16)7-10-18-9-4-8-17-2/h11-12H,3-10H2,1-2H3,(H,15,16). The van der Waals surface area contributed by atoms with Crippen molar-refractivity contribution in [1.29, 1.82) is 0 Å². The van der Waals surface area contributed by atoms with Crippen molar-refractivity contribution in [2.75, 3.05) is 40.0 Å². The number of ether oxygens (including phenoxy) is 2.